The molecule has 0 amide bonds. The second kappa shape index (κ2) is 10.7. The zero-order valence-corrected chi connectivity index (χ0v) is 13.6. The predicted octanol–water partition coefficient (Wildman–Crippen LogP) is 6.11. The summed E-state index contributed by atoms with van der Waals surface area (Å²) in [4.78, 5) is 0. The Kier molecular flexibility index (Phi) is 9.59. The van der Waals surface area contributed by atoms with E-state index in [0.29, 0.717) is 12.2 Å². The summed E-state index contributed by atoms with van der Waals surface area (Å²) < 4.78 is 5.76. The van der Waals surface area contributed by atoms with Gasteiger partial charge in [-0.15, -0.1) is 0 Å². The first-order chi connectivity index (χ1) is 9.24. The summed E-state index contributed by atoms with van der Waals surface area (Å²) in [5.41, 5.74) is 0. The monoisotopic (exact) mass is 268 g/mol. The minimum atomic E-state index is 0.628. The third-order valence-electron chi connectivity index (χ3n) is 4.30. The van der Waals surface area contributed by atoms with Crippen LogP contribution in [0.15, 0.2) is 0 Å². The maximum Gasteiger partial charge on any atom is 0.0841 e. The molecular formula is C18H36O. The topological polar surface area (TPSA) is 12.5 Å². The van der Waals surface area contributed by atoms with Crippen LogP contribution in [-0.4, -0.2) is 12.2 Å². The van der Waals surface area contributed by atoms with Gasteiger partial charge in [0, 0.05) is 0 Å². The third kappa shape index (κ3) is 9.49. The molecule has 0 N–H and O–H groups in total. The van der Waals surface area contributed by atoms with Crippen LogP contribution >= 0.6 is 0 Å². The van der Waals surface area contributed by atoms with E-state index in [0.717, 1.165) is 5.92 Å². The Hall–Kier alpha value is -0.0400. The highest BCUT2D eigenvalue weighted by Gasteiger charge is 2.36. The minimum absolute atomic E-state index is 0.628. The Morgan fingerprint density at radius 2 is 1.26 bits per heavy atom. The molecule has 1 aliphatic rings. The molecule has 0 saturated carbocycles. The molecule has 1 nitrogen and oxygen atoms in total. The van der Waals surface area contributed by atoms with Crippen LogP contribution in [-0.2, 0) is 4.74 Å². The molecule has 2 atom stereocenters. The molecular weight excluding hydrogens is 232 g/mol. The highest BCUT2D eigenvalue weighted by atomic mass is 16.6. The number of rotatable bonds is 13. The van der Waals surface area contributed by atoms with Gasteiger partial charge in [-0.1, -0.05) is 85.0 Å². The fourth-order valence-corrected chi connectivity index (χ4v) is 2.89. The number of epoxide rings is 1. The summed E-state index contributed by atoms with van der Waals surface area (Å²) in [7, 11) is 0. The first-order valence-electron chi connectivity index (χ1n) is 8.89. The predicted molar refractivity (Wildman–Crippen MR) is 84.6 cm³/mol. The highest BCUT2D eigenvalue weighted by molar-refractivity contribution is 4.84. The van der Waals surface area contributed by atoms with Gasteiger partial charge in [-0.2, -0.15) is 0 Å². The molecule has 0 aliphatic carbocycles. The van der Waals surface area contributed by atoms with E-state index < -0.39 is 0 Å². The Morgan fingerprint density at radius 3 is 1.84 bits per heavy atom. The molecule has 0 spiro atoms. The molecule has 2 unspecified atom stereocenters. The van der Waals surface area contributed by atoms with Crippen LogP contribution in [0, 0.1) is 5.92 Å². The van der Waals surface area contributed by atoms with Crippen molar-refractivity contribution in [2.45, 2.75) is 110 Å². The Balaban J connectivity index is 1.77. The standard InChI is InChI=1S/C18H36O/c1-4-5-6-7-8-9-10-11-14-17-18(19-17)15-12-13-16(2)3/h16-18H,4-15H2,1-3H3. The zero-order valence-electron chi connectivity index (χ0n) is 13.6. The van der Waals surface area contributed by atoms with Gasteiger partial charge in [0.25, 0.3) is 0 Å². The minimum Gasteiger partial charge on any atom is -0.370 e. The Morgan fingerprint density at radius 1 is 0.737 bits per heavy atom. The average molecular weight is 268 g/mol. The van der Waals surface area contributed by atoms with Gasteiger partial charge in [0.15, 0.2) is 0 Å². The molecule has 114 valence electrons. The molecule has 0 aromatic rings. The van der Waals surface area contributed by atoms with Gasteiger partial charge < -0.3 is 4.74 Å². The summed E-state index contributed by atoms with van der Waals surface area (Å²) in [5, 5.41) is 0. The Labute approximate surface area is 121 Å². The molecule has 1 fully saturated rings. The first-order valence-corrected chi connectivity index (χ1v) is 8.89. The normalized spacial score (nSPS) is 22.1. The van der Waals surface area contributed by atoms with Crippen molar-refractivity contribution >= 4 is 0 Å². The molecule has 19 heavy (non-hydrogen) atoms. The molecule has 0 bridgehead atoms. The lowest BCUT2D eigenvalue weighted by Gasteiger charge is -2.02. The second-order valence-electron chi connectivity index (χ2n) is 6.80. The number of hydrogen-bond acceptors (Lipinski definition) is 1. The highest BCUT2D eigenvalue weighted by Crippen LogP contribution is 2.32. The zero-order chi connectivity index (χ0) is 13.9. The summed E-state index contributed by atoms with van der Waals surface area (Å²) in [6, 6.07) is 0. The molecule has 1 rings (SSSR count). The molecule has 0 aromatic heterocycles. The SMILES string of the molecule is CCCCCCCCCCC1OC1CCCC(C)C. The van der Waals surface area contributed by atoms with E-state index >= 15 is 0 Å². The average Bonchev–Trinajstić information content (AvgIpc) is 3.11. The summed E-state index contributed by atoms with van der Waals surface area (Å²) in [5.74, 6) is 0.852. The van der Waals surface area contributed by atoms with E-state index in [1.54, 1.807) is 0 Å². The van der Waals surface area contributed by atoms with Crippen molar-refractivity contribution in [3.63, 3.8) is 0 Å². The lowest BCUT2D eigenvalue weighted by molar-refractivity contribution is 0.345. The van der Waals surface area contributed by atoms with Gasteiger partial charge in [0.05, 0.1) is 12.2 Å². The van der Waals surface area contributed by atoms with Crippen LogP contribution in [0.1, 0.15) is 97.8 Å². The van der Waals surface area contributed by atoms with Crippen molar-refractivity contribution in [3.05, 3.63) is 0 Å². The maximum atomic E-state index is 5.76. The maximum absolute atomic E-state index is 5.76. The lowest BCUT2D eigenvalue weighted by atomic mass is 10.0. The van der Waals surface area contributed by atoms with Crippen molar-refractivity contribution in [1.82, 2.24) is 0 Å². The fourth-order valence-electron chi connectivity index (χ4n) is 2.89. The first kappa shape index (κ1) is 17.0. The second-order valence-corrected chi connectivity index (χ2v) is 6.80. The van der Waals surface area contributed by atoms with E-state index in [4.69, 9.17) is 4.74 Å². The lowest BCUT2D eigenvalue weighted by Crippen LogP contribution is -1.96. The molecule has 1 aliphatic heterocycles. The van der Waals surface area contributed by atoms with Crippen molar-refractivity contribution in [2.75, 3.05) is 0 Å². The quantitative estimate of drug-likeness (QED) is 0.290. The number of ether oxygens (including phenoxy) is 1. The van der Waals surface area contributed by atoms with Crippen LogP contribution in [0.2, 0.25) is 0 Å². The largest absolute Gasteiger partial charge is 0.370 e. The number of hydrogen-bond donors (Lipinski definition) is 0. The third-order valence-corrected chi connectivity index (χ3v) is 4.30. The van der Waals surface area contributed by atoms with E-state index in [-0.39, 0.29) is 0 Å². The van der Waals surface area contributed by atoms with Gasteiger partial charge >= 0.3 is 0 Å². The van der Waals surface area contributed by atoms with Gasteiger partial charge in [-0.3, -0.25) is 0 Å². The van der Waals surface area contributed by atoms with Crippen LogP contribution in [0.4, 0.5) is 0 Å². The van der Waals surface area contributed by atoms with Crippen molar-refractivity contribution < 1.29 is 4.74 Å². The van der Waals surface area contributed by atoms with Gasteiger partial charge in [-0.25, -0.2) is 0 Å². The van der Waals surface area contributed by atoms with Crippen LogP contribution in [0.25, 0.3) is 0 Å². The molecule has 0 aromatic carbocycles. The van der Waals surface area contributed by atoms with Crippen LogP contribution < -0.4 is 0 Å². The molecule has 1 heterocycles. The summed E-state index contributed by atoms with van der Waals surface area (Å²) >= 11 is 0. The van der Waals surface area contributed by atoms with E-state index in [1.807, 2.05) is 0 Å². The molecule has 0 radical (unpaired) electrons. The Bertz CT molecular complexity index is 200. The summed E-state index contributed by atoms with van der Waals surface area (Å²) in [6.45, 7) is 6.91. The van der Waals surface area contributed by atoms with Crippen molar-refractivity contribution in [2.24, 2.45) is 5.92 Å². The van der Waals surface area contributed by atoms with Crippen LogP contribution in [0.5, 0.6) is 0 Å². The van der Waals surface area contributed by atoms with Gasteiger partial charge in [0.1, 0.15) is 0 Å². The van der Waals surface area contributed by atoms with Crippen LogP contribution in [0.3, 0.4) is 0 Å². The number of unbranched alkanes of at least 4 members (excludes halogenated alkanes) is 7. The van der Waals surface area contributed by atoms with E-state index in [9.17, 15) is 0 Å². The summed E-state index contributed by atoms with van der Waals surface area (Å²) in [6.07, 6.45) is 18.0. The molecule has 1 heteroatoms. The van der Waals surface area contributed by atoms with E-state index in [2.05, 4.69) is 20.8 Å². The fraction of sp³-hybridized carbons (Fsp3) is 1.00. The molecule has 1 saturated heterocycles. The van der Waals surface area contributed by atoms with Gasteiger partial charge in [-0.05, 0) is 18.8 Å². The van der Waals surface area contributed by atoms with E-state index in [1.165, 1.54) is 77.0 Å². The van der Waals surface area contributed by atoms with Crippen molar-refractivity contribution in [1.29, 1.82) is 0 Å². The van der Waals surface area contributed by atoms with Gasteiger partial charge in [0.2, 0.25) is 0 Å². The smallest absolute Gasteiger partial charge is 0.0841 e. The van der Waals surface area contributed by atoms with Crippen molar-refractivity contribution in [3.8, 4) is 0 Å².